The summed E-state index contributed by atoms with van der Waals surface area (Å²) >= 11 is 0. The maximum absolute atomic E-state index is 12.2. The molecule has 0 spiro atoms. The molecule has 3 atom stereocenters. The van der Waals surface area contributed by atoms with E-state index in [1.165, 1.54) is 0 Å². The number of carbonyl (C=O) groups excluding carboxylic acids is 1. The summed E-state index contributed by atoms with van der Waals surface area (Å²) < 4.78 is 0. The second kappa shape index (κ2) is 12.7. The van der Waals surface area contributed by atoms with Crippen LogP contribution in [0.4, 0.5) is 0 Å². The molecule has 0 saturated carbocycles. The highest BCUT2D eigenvalue weighted by Gasteiger charge is 2.25. The second-order valence-corrected chi connectivity index (χ2v) is 7.00. The van der Waals surface area contributed by atoms with Crippen molar-refractivity contribution in [1.29, 1.82) is 0 Å². The molecule has 0 aromatic rings. The smallest absolute Gasteiger partial charge is 0.303 e. The Morgan fingerprint density at radius 1 is 1.27 bits per heavy atom. The van der Waals surface area contributed by atoms with Gasteiger partial charge in [0.05, 0.1) is 18.2 Å². The van der Waals surface area contributed by atoms with Crippen molar-refractivity contribution >= 4 is 11.9 Å². The molecule has 0 aromatic heterocycles. The molecule has 1 amide bonds. The van der Waals surface area contributed by atoms with Gasteiger partial charge >= 0.3 is 5.97 Å². The van der Waals surface area contributed by atoms with Gasteiger partial charge in [0.15, 0.2) is 0 Å². The van der Waals surface area contributed by atoms with E-state index in [1.807, 2.05) is 23.1 Å². The number of rotatable bonds is 12. The predicted octanol–water partition coefficient (Wildman–Crippen LogP) is 2.65. The first kappa shape index (κ1) is 22.4. The summed E-state index contributed by atoms with van der Waals surface area (Å²) in [6.45, 7) is 2.25. The van der Waals surface area contributed by atoms with Crippen LogP contribution in [0.3, 0.4) is 0 Å². The summed E-state index contributed by atoms with van der Waals surface area (Å²) in [4.78, 5) is 24.5. The normalized spacial score (nSPS) is 20.8. The van der Waals surface area contributed by atoms with E-state index < -0.39 is 12.1 Å². The van der Waals surface area contributed by atoms with Gasteiger partial charge in [-0.15, -0.1) is 0 Å². The number of nitrogens with zero attached hydrogens (tertiary/aromatic N) is 1. The molecule has 3 N–H and O–H groups in total. The molecule has 0 aromatic carbocycles. The summed E-state index contributed by atoms with van der Waals surface area (Å²) in [6, 6.07) is -0.00802. The van der Waals surface area contributed by atoms with Crippen molar-refractivity contribution in [1.82, 2.24) is 4.90 Å². The number of carboxylic acid groups (broad SMARTS) is 1. The largest absolute Gasteiger partial charge is 0.481 e. The van der Waals surface area contributed by atoms with Gasteiger partial charge in [-0.1, -0.05) is 24.3 Å². The van der Waals surface area contributed by atoms with E-state index in [1.54, 1.807) is 13.0 Å². The zero-order chi connectivity index (χ0) is 19.4. The van der Waals surface area contributed by atoms with Crippen LogP contribution in [0.5, 0.6) is 0 Å². The van der Waals surface area contributed by atoms with Crippen molar-refractivity contribution in [2.75, 3.05) is 6.54 Å². The third kappa shape index (κ3) is 9.73. The molecule has 148 valence electrons. The van der Waals surface area contributed by atoms with Crippen LogP contribution in [0.15, 0.2) is 24.3 Å². The number of aliphatic hydroxyl groups is 2. The molecule has 1 rings (SSSR count). The Morgan fingerprint density at radius 3 is 2.73 bits per heavy atom. The van der Waals surface area contributed by atoms with Crippen LogP contribution in [0, 0.1) is 0 Å². The van der Waals surface area contributed by atoms with Crippen LogP contribution in [-0.2, 0) is 9.59 Å². The number of hydrogen-bond donors (Lipinski definition) is 3. The lowest BCUT2D eigenvalue weighted by Crippen LogP contribution is -2.42. The first-order valence-electron chi connectivity index (χ1n) is 9.61. The van der Waals surface area contributed by atoms with Gasteiger partial charge in [-0.05, 0) is 51.9 Å². The maximum atomic E-state index is 12.2. The standard InChI is InChI=1S/C20H33NO5/c1-16(22)8-6-10-18(23)14-13-17-9-7-11-19(24)21(17)15-5-3-2-4-12-20(25)26/h3,5,13-14,16-18,22-23H,2,4,6-12,15H2,1H3,(H,25,26)/t16?,17-,18?/m1/s1. The highest BCUT2D eigenvalue weighted by molar-refractivity contribution is 5.77. The molecule has 0 bridgehead atoms. The molecule has 0 radical (unpaired) electrons. The Kier molecular flexibility index (Phi) is 10.9. The van der Waals surface area contributed by atoms with Crippen molar-refractivity contribution in [3.8, 4) is 0 Å². The van der Waals surface area contributed by atoms with E-state index in [0.29, 0.717) is 38.6 Å². The van der Waals surface area contributed by atoms with Crippen molar-refractivity contribution in [3.05, 3.63) is 24.3 Å². The van der Waals surface area contributed by atoms with E-state index in [-0.39, 0.29) is 24.5 Å². The van der Waals surface area contributed by atoms with Gasteiger partial charge in [0, 0.05) is 19.4 Å². The SMILES string of the molecule is CC(O)CCCC(O)C=C[C@H]1CCCC(=O)N1CC=CCCCC(=O)O. The Morgan fingerprint density at radius 2 is 2.04 bits per heavy atom. The highest BCUT2D eigenvalue weighted by atomic mass is 16.4. The molecule has 6 heteroatoms. The number of carbonyl (C=O) groups is 2. The van der Waals surface area contributed by atoms with Crippen LogP contribution < -0.4 is 0 Å². The van der Waals surface area contributed by atoms with Crippen LogP contribution in [0.1, 0.15) is 64.7 Å². The van der Waals surface area contributed by atoms with Gasteiger partial charge in [0.2, 0.25) is 5.91 Å². The van der Waals surface area contributed by atoms with Crippen molar-refractivity contribution < 1.29 is 24.9 Å². The molecular weight excluding hydrogens is 334 g/mol. The summed E-state index contributed by atoms with van der Waals surface area (Å²) in [5, 5.41) is 27.9. The summed E-state index contributed by atoms with van der Waals surface area (Å²) in [5.41, 5.74) is 0. The quantitative estimate of drug-likeness (QED) is 0.364. The minimum Gasteiger partial charge on any atom is -0.481 e. The number of aliphatic carboxylic acids is 1. The van der Waals surface area contributed by atoms with E-state index >= 15 is 0 Å². The Bertz CT molecular complexity index is 487. The van der Waals surface area contributed by atoms with E-state index in [9.17, 15) is 19.8 Å². The minimum absolute atomic E-state index is 0.00802. The molecule has 6 nitrogen and oxygen atoms in total. The Hall–Kier alpha value is -1.66. The summed E-state index contributed by atoms with van der Waals surface area (Å²) in [7, 11) is 0. The summed E-state index contributed by atoms with van der Waals surface area (Å²) in [6.07, 6.45) is 12.4. The fourth-order valence-corrected chi connectivity index (χ4v) is 3.04. The number of carboxylic acids is 1. The molecule has 1 saturated heterocycles. The number of amides is 1. The number of likely N-dealkylation sites (tertiary alicyclic amines) is 1. The first-order chi connectivity index (χ1) is 12.4. The lowest BCUT2D eigenvalue weighted by molar-refractivity contribution is -0.137. The molecule has 26 heavy (non-hydrogen) atoms. The van der Waals surface area contributed by atoms with Crippen molar-refractivity contribution in [2.45, 2.75) is 83.0 Å². The molecule has 1 aliphatic rings. The average molecular weight is 367 g/mol. The highest BCUT2D eigenvalue weighted by Crippen LogP contribution is 2.20. The molecule has 1 heterocycles. The van der Waals surface area contributed by atoms with Gasteiger partial charge in [-0.25, -0.2) is 0 Å². The molecule has 1 aliphatic heterocycles. The lowest BCUT2D eigenvalue weighted by Gasteiger charge is -2.33. The Labute approximate surface area is 156 Å². The van der Waals surface area contributed by atoms with Crippen LogP contribution in [0.25, 0.3) is 0 Å². The Balaban J connectivity index is 2.45. The lowest BCUT2D eigenvalue weighted by atomic mass is 9.99. The van der Waals surface area contributed by atoms with E-state index in [4.69, 9.17) is 5.11 Å². The topological polar surface area (TPSA) is 98.1 Å². The summed E-state index contributed by atoms with van der Waals surface area (Å²) in [5.74, 6) is -0.675. The van der Waals surface area contributed by atoms with Gasteiger partial charge < -0.3 is 20.2 Å². The van der Waals surface area contributed by atoms with Crippen molar-refractivity contribution in [3.63, 3.8) is 0 Å². The van der Waals surface area contributed by atoms with Crippen LogP contribution >= 0.6 is 0 Å². The molecule has 2 unspecified atom stereocenters. The van der Waals surface area contributed by atoms with E-state index in [0.717, 1.165) is 19.3 Å². The van der Waals surface area contributed by atoms with Gasteiger partial charge in [0.25, 0.3) is 0 Å². The average Bonchev–Trinajstić information content (AvgIpc) is 2.57. The van der Waals surface area contributed by atoms with Gasteiger partial charge in [-0.2, -0.15) is 0 Å². The number of allylic oxidation sites excluding steroid dienone is 1. The minimum atomic E-state index is -0.790. The fourth-order valence-electron chi connectivity index (χ4n) is 3.04. The molecular formula is C20H33NO5. The maximum Gasteiger partial charge on any atom is 0.303 e. The number of aliphatic hydroxyl groups excluding tert-OH is 2. The molecule has 0 aliphatic carbocycles. The molecule has 1 fully saturated rings. The third-order valence-corrected chi connectivity index (χ3v) is 4.52. The number of piperidine rings is 1. The third-order valence-electron chi connectivity index (χ3n) is 4.52. The first-order valence-corrected chi connectivity index (χ1v) is 9.61. The number of hydrogen-bond acceptors (Lipinski definition) is 4. The van der Waals surface area contributed by atoms with Gasteiger partial charge in [-0.3, -0.25) is 9.59 Å². The predicted molar refractivity (Wildman–Crippen MR) is 101 cm³/mol. The zero-order valence-electron chi connectivity index (χ0n) is 15.7. The fraction of sp³-hybridized carbons (Fsp3) is 0.700. The van der Waals surface area contributed by atoms with Crippen molar-refractivity contribution in [2.24, 2.45) is 0 Å². The second-order valence-electron chi connectivity index (χ2n) is 7.00. The van der Waals surface area contributed by atoms with E-state index in [2.05, 4.69) is 0 Å². The van der Waals surface area contributed by atoms with Crippen LogP contribution in [-0.4, -0.2) is 56.9 Å². The van der Waals surface area contributed by atoms with Gasteiger partial charge in [0.1, 0.15) is 0 Å². The van der Waals surface area contributed by atoms with Crippen LogP contribution in [0.2, 0.25) is 0 Å². The zero-order valence-corrected chi connectivity index (χ0v) is 15.7. The number of unbranched alkanes of at least 4 members (excludes halogenated alkanes) is 1. The monoisotopic (exact) mass is 367 g/mol.